The second-order valence-electron chi connectivity index (χ2n) is 6.30. The van der Waals surface area contributed by atoms with Crippen molar-refractivity contribution < 1.29 is 0 Å². The number of nitrogens with zero attached hydrogens (tertiary/aromatic N) is 1. The molecule has 0 radical (unpaired) electrons. The topological polar surface area (TPSA) is 29.3 Å². The number of piperidine rings is 1. The molecule has 0 aromatic carbocycles. The van der Waals surface area contributed by atoms with Crippen molar-refractivity contribution in [3.63, 3.8) is 0 Å². The minimum absolute atomic E-state index is 0.640. The number of nitrogens with two attached hydrogens (primary N) is 1. The molecule has 1 aliphatic heterocycles. The Morgan fingerprint density at radius 3 is 2.47 bits per heavy atom. The van der Waals surface area contributed by atoms with Crippen LogP contribution in [0.25, 0.3) is 0 Å². The molecule has 2 heteroatoms. The van der Waals surface area contributed by atoms with Crippen molar-refractivity contribution in [1.82, 2.24) is 4.90 Å². The molecule has 3 unspecified atom stereocenters. The second-order valence-corrected chi connectivity index (χ2v) is 6.30. The van der Waals surface area contributed by atoms with Crippen LogP contribution in [0.4, 0.5) is 0 Å². The van der Waals surface area contributed by atoms with Crippen LogP contribution in [0.15, 0.2) is 0 Å². The van der Waals surface area contributed by atoms with Gasteiger partial charge in [-0.1, -0.05) is 26.2 Å². The molecular weight excluding hydrogens is 208 g/mol. The lowest BCUT2D eigenvalue weighted by atomic mass is 9.81. The minimum atomic E-state index is 0.640. The van der Waals surface area contributed by atoms with Gasteiger partial charge in [0.1, 0.15) is 0 Å². The molecule has 2 N–H and O–H groups in total. The third-order valence-corrected chi connectivity index (χ3v) is 5.26. The number of hydrogen-bond donors (Lipinski definition) is 1. The molecule has 1 aliphatic carbocycles. The average Bonchev–Trinajstić information content (AvgIpc) is 2.38. The summed E-state index contributed by atoms with van der Waals surface area (Å²) in [6.07, 6.45) is 9.99. The number of hydrogen-bond acceptors (Lipinski definition) is 2. The van der Waals surface area contributed by atoms with E-state index < -0.39 is 0 Å². The van der Waals surface area contributed by atoms with Gasteiger partial charge in [-0.3, -0.25) is 4.90 Å². The summed E-state index contributed by atoms with van der Waals surface area (Å²) in [7, 11) is 0. The highest BCUT2D eigenvalue weighted by molar-refractivity contribution is 4.89. The predicted octanol–water partition coefficient (Wildman–Crippen LogP) is 3.01. The van der Waals surface area contributed by atoms with Crippen LogP contribution in [-0.2, 0) is 0 Å². The van der Waals surface area contributed by atoms with E-state index >= 15 is 0 Å². The van der Waals surface area contributed by atoms with Crippen LogP contribution in [0.5, 0.6) is 0 Å². The highest BCUT2D eigenvalue weighted by atomic mass is 15.2. The van der Waals surface area contributed by atoms with E-state index in [-0.39, 0.29) is 0 Å². The fourth-order valence-corrected chi connectivity index (χ4v) is 4.04. The molecule has 2 fully saturated rings. The fraction of sp³-hybridized carbons (Fsp3) is 1.00. The standard InChI is InChI=1S/C15H30N2/c1-12-7-6-10-17(15(12)11-16)13(2)14-8-4-3-5-9-14/h12-15H,3-11,16H2,1-2H3. The minimum Gasteiger partial charge on any atom is -0.329 e. The molecule has 0 aromatic rings. The fourth-order valence-electron chi connectivity index (χ4n) is 4.04. The van der Waals surface area contributed by atoms with Crippen molar-refractivity contribution >= 4 is 0 Å². The van der Waals surface area contributed by atoms with Crippen molar-refractivity contribution in [2.45, 2.75) is 70.9 Å². The summed E-state index contributed by atoms with van der Waals surface area (Å²) in [5, 5.41) is 0. The lowest BCUT2D eigenvalue weighted by Gasteiger charge is -2.46. The van der Waals surface area contributed by atoms with Gasteiger partial charge in [0, 0.05) is 18.6 Å². The highest BCUT2D eigenvalue weighted by Gasteiger charge is 2.33. The first kappa shape index (κ1) is 13.4. The van der Waals surface area contributed by atoms with Gasteiger partial charge >= 0.3 is 0 Å². The van der Waals surface area contributed by atoms with Crippen LogP contribution < -0.4 is 5.73 Å². The largest absolute Gasteiger partial charge is 0.329 e. The summed E-state index contributed by atoms with van der Waals surface area (Å²) >= 11 is 0. The van der Waals surface area contributed by atoms with Crippen molar-refractivity contribution in [2.24, 2.45) is 17.6 Å². The van der Waals surface area contributed by atoms with E-state index in [0.717, 1.165) is 24.4 Å². The molecule has 0 spiro atoms. The van der Waals surface area contributed by atoms with Gasteiger partial charge in [0.05, 0.1) is 0 Å². The Bertz CT molecular complexity index is 223. The predicted molar refractivity (Wildman–Crippen MR) is 74.0 cm³/mol. The maximum absolute atomic E-state index is 6.01. The highest BCUT2D eigenvalue weighted by Crippen LogP contribution is 2.33. The average molecular weight is 238 g/mol. The van der Waals surface area contributed by atoms with E-state index in [0.29, 0.717) is 6.04 Å². The van der Waals surface area contributed by atoms with Crippen LogP contribution in [0, 0.1) is 11.8 Å². The molecule has 3 atom stereocenters. The number of likely N-dealkylation sites (tertiary alicyclic amines) is 1. The van der Waals surface area contributed by atoms with Crippen molar-refractivity contribution in [2.75, 3.05) is 13.1 Å². The first-order valence-corrected chi connectivity index (χ1v) is 7.70. The van der Waals surface area contributed by atoms with E-state index in [4.69, 9.17) is 5.73 Å². The maximum atomic E-state index is 6.01. The van der Waals surface area contributed by atoms with E-state index in [1.807, 2.05) is 0 Å². The van der Waals surface area contributed by atoms with Gasteiger partial charge in [0.15, 0.2) is 0 Å². The lowest BCUT2D eigenvalue weighted by molar-refractivity contribution is 0.0340. The van der Waals surface area contributed by atoms with Crippen molar-refractivity contribution in [3.05, 3.63) is 0 Å². The molecule has 2 aliphatic rings. The van der Waals surface area contributed by atoms with E-state index in [1.165, 1.54) is 51.5 Å². The Balaban J connectivity index is 1.97. The maximum Gasteiger partial charge on any atom is 0.0246 e. The summed E-state index contributed by atoms with van der Waals surface area (Å²) in [5.74, 6) is 1.72. The van der Waals surface area contributed by atoms with Crippen molar-refractivity contribution in [3.8, 4) is 0 Å². The van der Waals surface area contributed by atoms with Gasteiger partial charge in [0.2, 0.25) is 0 Å². The molecule has 17 heavy (non-hydrogen) atoms. The van der Waals surface area contributed by atoms with Gasteiger partial charge in [-0.15, -0.1) is 0 Å². The summed E-state index contributed by atoms with van der Waals surface area (Å²) in [4.78, 5) is 2.74. The smallest absolute Gasteiger partial charge is 0.0246 e. The normalized spacial score (nSPS) is 34.8. The molecule has 1 saturated heterocycles. The Morgan fingerprint density at radius 1 is 1.12 bits per heavy atom. The molecule has 2 rings (SSSR count). The zero-order valence-electron chi connectivity index (χ0n) is 11.7. The van der Waals surface area contributed by atoms with Crippen molar-refractivity contribution in [1.29, 1.82) is 0 Å². The third kappa shape index (κ3) is 3.03. The Labute approximate surface area is 107 Å². The Hall–Kier alpha value is -0.0800. The molecular formula is C15H30N2. The summed E-state index contributed by atoms with van der Waals surface area (Å²) in [5.41, 5.74) is 6.01. The first-order chi connectivity index (χ1) is 8.24. The quantitative estimate of drug-likeness (QED) is 0.819. The summed E-state index contributed by atoms with van der Waals surface area (Å²) < 4.78 is 0. The third-order valence-electron chi connectivity index (χ3n) is 5.26. The summed E-state index contributed by atoms with van der Waals surface area (Å²) in [6.45, 7) is 6.97. The molecule has 0 amide bonds. The molecule has 100 valence electrons. The van der Waals surface area contributed by atoms with E-state index in [1.54, 1.807) is 0 Å². The second kappa shape index (κ2) is 6.19. The van der Waals surface area contributed by atoms with Crippen LogP contribution in [0.1, 0.15) is 58.8 Å². The van der Waals surface area contributed by atoms with Gasteiger partial charge in [-0.05, 0) is 51.0 Å². The number of rotatable bonds is 3. The van der Waals surface area contributed by atoms with Crippen LogP contribution in [0.3, 0.4) is 0 Å². The molecule has 2 nitrogen and oxygen atoms in total. The van der Waals surface area contributed by atoms with Gasteiger partial charge in [0.25, 0.3) is 0 Å². The van der Waals surface area contributed by atoms with Crippen LogP contribution >= 0.6 is 0 Å². The zero-order chi connectivity index (χ0) is 12.3. The Kier molecular flexibility index (Phi) is 4.87. The summed E-state index contributed by atoms with van der Waals surface area (Å²) in [6, 6.07) is 1.40. The first-order valence-electron chi connectivity index (χ1n) is 7.70. The Morgan fingerprint density at radius 2 is 1.82 bits per heavy atom. The zero-order valence-corrected chi connectivity index (χ0v) is 11.7. The molecule has 0 bridgehead atoms. The van der Waals surface area contributed by atoms with E-state index in [2.05, 4.69) is 18.7 Å². The van der Waals surface area contributed by atoms with Crippen LogP contribution in [0.2, 0.25) is 0 Å². The van der Waals surface area contributed by atoms with Gasteiger partial charge in [-0.25, -0.2) is 0 Å². The van der Waals surface area contributed by atoms with Gasteiger partial charge < -0.3 is 5.73 Å². The SMILES string of the molecule is CC1CCCN(C(C)C2CCCCC2)C1CN. The lowest BCUT2D eigenvalue weighted by Crippen LogP contribution is -2.54. The van der Waals surface area contributed by atoms with Crippen LogP contribution in [-0.4, -0.2) is 30.1 Å². The van der Waals surface area contributed by atoms with E-state index in [9.17, 15) is 0 Å². The molecule has 0 aromatic heterocycles. The molecule has 1 saturated carbocycles. The molecule has 1 heterocycles. The monoisotopic (exact) mass is 238 g/mol. The van der Waals surface area contributed by atoms with Gasteiger partial charge in [-0.2, -0.15) is 0 Å².